The molecule has 1 rings (SSSR count). The molecule has 0 fully saturated rings. The summed E-state index contributed by atoms with van der Waals surface area (Å²) in [5, 5.41) is 0. The monoisotopic (exact) mass is 302 g/mol. The minimum absolute atomic E-state index is 0.0185. The maximum atomic E-state index is 12.9. The number of nitrogens with zero attached hydrogens (tertiary/aromatic N) is 1. The molecule has 0 aliphatic heterocycles. The quantitative estimate of drug-likeness (QED) is 0.861. The van der Waals surface area contributed by atoms with Gasteiger partial charge in [0.15, 0.2) is 0 Å². The summed E-state index contributed by atoms with van der Waals surface area (Å²) in [5.74, 6) is 0.0185. The first-order valence-corrected chi connectivity index (χ1v) is 7.26. The van der Waals surface area contributed by atoms with E-state index in [0.717, 1.165) is 5.56 Å². The lowest BCUT2D eigenvalue weighted by atomic mass is 9.89. The van der Waals surface area contributed by atoms with E-state index in [1.165, 1.54) is 4.90 Å². The van der Waals surface area contributed by atoms with Crippen molar-refractivity contribution in [2.75, 3.05) is 6.54 Å². The van der Waals surface area contributed by atoms with Crippen molar-refractivity contribution in [2.24, 2.45) is 11.7 Å². The summed E-state index contributed by atoms with van der Waals surface area (Å²) in [6.07, 6.45) is -4.23. The second kappa shape index (κ2) is 7.27. The van der Waals surface area contributed by atoms with Gasteiger partial charge in [0, 0.05) is 18.1 Å². The number of alkyl halides is 3. The second-order valence-corrected chi connectivity index (χ2v) is 6.05. The van der Waals surface area contributed by atoms with Gasteiger partial charge < -0.3 is 5.73 Å². The van der Waals surface area contributed by atoms with Gasteiger partial charge in [-0.3, -0.25) is 4.90 Å². The predicted octanol–water partition coefficient (Wildman–Crippen LogP) is 3.98. The van der Waals surface area contributed by atoms with Crippen LogP contribution in [0, 0.1) is 5.92 Å². The van der Waals surface area contributed by atoms with Crippen molar-refractivity contribution in [1.29, 1.82) is 0 Å². The summed E-state index contributed by atoms with van der Waals surface area (Å²) in [6.45, 7) is 6.45. The van der Waals surface area contributed by atoms with E-state index in [1.54, 1.807) is 13.8 Å². The lowest BCUT2D eigenvalue weighted by Gasteiger charge is -2.41. The maximum absolute atomic E-state index is 12.9. The van der Waals surface area contributed by atoms with Gasteiger partial charge in [-0.2, -0.15) is 13.2 Å². The van der Waals surface area contributed by atoms with Crippen LogP contribution in [0.3, 0.4) is 0 Å². The lowest BCUT2D eigenvalue weighted by Crippen LogP contribution is -2.52. The van der Waals surface area contributed by atoms with E-state index in [1.807, 2.05) is 44.2 Å². The van der Waals surface area contributed by atoms with Crippen molar-refractivity contribution in [2.45, 2.75) is 52.0 Å². The summed E-state index contributed by atoms with van der Waals surface area (Å²) in [4.78, 5) is 1.46. The van der Waals surface area contributed by atoms with Gasteiger partial charge in [-0.05, 0) is 25.3 Å². The van der Waals surface area contributed by atoms with E-state index in [2.05, 4.69) is 0 Å². The molecule has 0 spiro atoms. The van der Waals surface area contributed by atoms with E-state index in [9.17, 15) is 13.2 Å². The Bertz CT molecular complexity index is 415. The average Bonchev–Trinajstić information content (AvgIpc) is 2.36. The van der Waals surface area contributed by atoms with Gasteiger partial charge in [-0.15, -0.1) is 0 Å². The molecule has 0 aliphatic carbocycles. The highest BCUT2D eigenvalue weighted by atomic mass is 19.4. The van der Waals surface area contributed by atoms with Gasteiger partial charge in [0.2, 0.25) is 0 Å². The highest BCUT2D eigenvalue weighted by Gasteiger charge is 2.38. The summed E-state index contributed by atoms with van der Waals surface area (Å²) < 4.78 is 38.6. The smallest absolute Gasteiger partial charge is 0.323 e. The minimum atomic E-state index is -4.23. The third-order valence-electron chi connectivity index (χ3n) is 3.64. The van der Waals surface area contributed by atoms with E-state index in [-0.39, 0.29) is 18.0 Å². The first kappa shape index (κ1) is 18.0. The highest BCUT2D eigenvalue weighted by molar-refractivity contribution is 5.20. The number of hydrogen-bond donors (Lipinski definition) is 1. The summed E-state index contributed by atoms with van der Waals surface area (Å²) in [5.41, 5.74) is 7.15. The lowest BCUT2D eigenvalue weighted by molar-refractivity contribution is -0.158. The van der Waals surface area contributed by atoms with Crippen LogP contribution in [0.15, 0.2) is 30.3 Å². The van der Waals surface area contributed by atoms with E-state index < -0.39 is 18.8 Å². The molecule has 2 N–H and O–H groups in total. The van der Waals surface area contributed by atoms with Crippen molar-refractivity contribution in [3.8, 4) is 0 Å². The van der Waals surface area contributed by atoms with E-state index >= 15 is 0 Å². The Labute approximate surface area is 125 Å². The molecule has 5 heteroatoms. The standard InChI is InChI=1S/C16H25F3N2/c1-11(2)15(14(20)13-8-6-5-7-9-13)21(12(3)4)10-16(17,18)19/h5-9,11-12,14-15H,10,20H2,1-4H3. The van der Waals surface area contributed by atoms with E-state index in [4.69, 9.17) is 5.73 Å². The Morgan fingerprint density at radius 1 is 1.05 bits per heavy atom. The molecule has 1 aromatic rings. The van der Waals surface area contributed by atoms with Gasteiger partial charge in [-0.1, -0.05) is 44.2 Å². The molecule has 0 saturated heterocycles. The van der Waals surface area contributed by atoms with Crippen LogP contribution < -0.4 is 5.73 Å². The van der Waals surface area contributed by atoms with Gasteiger partial charge >= 0.3 is 6.18 Å². The molecule has 21 heavy (non-hydrogen) atoms. The fourth-order valence-corrected chi connectivity index (χ4v) is 2.72. The molecule has 0 bridgehead atoms. The van der Waals surface area contributed by atoms with Crippen LogP contribution in [0.25, 0.3) is 0 Å². The Morgan fingerprint density at radius 3 is 1.95 bits per heavy atom. The maximum Gasteiger partial charge on any atom is 0.401 e. The largest absolute Gasteiger partial charge is 0.401 e. The van der Waals surface area contributed by atoms with E-state index in [0.29, 0.717) is 0 Å². The Kier molecular flexibility index (Phi) is 6.23. The van der Waals surface area contributed by atoms with Crippen molar-refractivity contribution < 1.29 is 13.2 Å². The molecule has 0 saturated carbocycles. The molecule has 120 valence electrons. The molecule has 2 atom stereocenters. The van der Waals surface area contributed by atoms with Crippen molar-refractivity contribution >= 4 is 0 Å². The summed E-state index contributed by atoms with van der Waals surface area (Å²) in [7, 11) is 0. The Morgan fingerprint density at radius 2 is 1.57 bits per heavy atom. The second-order valence-electron chi connectivity index (χ2n) is 6.05. The van der Waals surface area contributed by atoms with Gasteiger partial charge in [0.25, 0.3) is 0 Å². The van der Waals surface area contributed by atoms with Crippen molar-refractivity contribution in [1.82, 2.24) is 4.90 Å². The average molecular weight is 302 g/mol. The molecule has 0 radical (unpaired) electrons. The number of nitrogens with two attached hydrogens (primary N) is 1. The van der Waals surface area contributed by atoms with Crippen molar-refractivity contribution in [3.05, 3.63) is 35.9 Å². The van der Waals surface area contributed by atoms with Gasteiger partial charge in [0.05, 0.1) is 6.54 Å². The normalized spacial score (nSPS) is 15.8. The zero-order valence-electron chi connectivity index (χ0n) is 13.1. The number of rotatable bonds is 6. The van der Waals surface area contributed by atoms with Crippen LogP contribution in [-0.4, -0.2) is 29.7 Å². The Balaban J connectivity index is 3.07. The molecule has 0 aromatic heterocycles. The van der Waals surface area contributed by atoms with Crippen molar-refractivity contribution in [3.63, 3.8) is 0 Å². The SMILES string of the molecule is CC(C)C(C(N)c1ccccc1)N(CC(F)(F)F)C(C)C. The first-order chi connectivity index (χ1) is 9.63. The number of benzene rings is 1. The first-order valence-electron chi connectivity index (χ1n) is 7.26. The van der Waals surface area contributed by atoms with Gasteiger partial charge in [-0.25, -0.2) is 0 Å². The summed E-state index contributed by atoms with van der Waals surface area (Å²) in [6, 6.07) is 8.28. The Hall–Kier alpha value is -1.07. The number of hydrogen-bond acceptors (Lipinski definition) is 2. The third-order valence-corrected chi connectivity index (χ3v) is 3.64. The topological polar surface area (TPSA) is 29.3 Å². The fourth-order valence-electron chi connectivity index (χ4n) is 2.72. The van der Waals surface area contributed by atoms with Crippen LogP contribution in [0.1, 0.15) is 39.3 Å². The zero-order valence-corrected chi connectivity index (χ0v) is 13.1. The molecule has 2 nitrogen and oxygen atoms in total. The van der Waals surface area contributed by atoms with Crippen LogP contribution in [0.4, 0.5) is 13.2 Å². The predicted molar refractivity (Wildman–Crippen MR) is 79.9 cm³/mol. The third kappa shape index (κ3) is 5.32. The molecular weight excluding hydrogens is 277 g/mol. The molecule has 0 amide bonds. The van der Waals surface area contributed by atoms with Gasteiger partial charge in [0.1, 0.15) is 0 Å². The van der Waals surface area contributed by atoms with Crippen LogP contribution in [0.2, 0.25) is 0 Å². The molecule has 0 heterocycles. The zero-order chi connectivity index (χ0) is 16.2. The minimum Gasteiger partial charge on any atom is -0.323 e. The molecule has 0 aliphatic rings. The van der Waals surface area contributed by atoms with Crippen LogP contribution in [0.5, 0.6) is 0 Å². The van der Waals surface area contributed by atoms with Crippen LogP contribution >= 0.6 is 0 Å². The highest BCUT2D eigenvalue weighted by Crippen LogP contribution is 2.29. The molecular formula is C16H25F3N2. The summed E-state index contributed by atoms with van der Waals surface area (Å²) >= 11 is 0. The molecule has 1 aromatic carbocycles. The number of halogens is 3. The molecule has 2 unspecified atom stereocenters. The fraction of sp³-hybridized carbons (Fsp3) is 0.625. The van der Waals surface area contributed by atoms with Crippen LogP contribution in [-0.2, 0) is 0 Å².